The highest BCUT2D eigenvalue weighted by atomic mass is 16.6. The molecule has 3 rings (SSSR count). The van der Waals surface area contributed by atoms with E-state index in [1.54, 1.807) is 0 Å². The molecule has 0 aromatic heterocycles. The predicted octanol–water partition coefficient (Wildman–Crippen LogP) is 2.69. The molecule has 1 aliphatic carbocycles. The number of nitrogens with zero attached hydrogens (tertiary/aromatic N) is 3. The van der Waals surface area contributed by atoms with Crippen LogP contribution in [0.25, 0.3) is 11.1 Å². The first-order chi connectivity index (χ1) is 17.9. The molecular formula is C23H22N4O11. The van der Waals surface area contributed by atoms with E-state index in [0.29, 0.717) is 6.07 Å². The SMILES string of the molecule is CC(C)[C@@H](CO)NC(=O)CCCOC(=O)c1cc([N+](=O)[O-])cc2c1-c1c(cc([N+](=O)[O-])cc1[N+](=O)[O-])C2=O. The van der Waals surface area contributed by atoms with Crippen molar-refractivity contribution in [1.29, 1.82) is 0 Å². The summed E-state index contributed by atoms with van der Waals surface area (Å²) in [4.78, 5) is 69.7. The van der Waals surface area contributed by atoms with Crippen molar-refractivity contribution in [2.45, 2.75) is 32.7 Å². The van der Waals surface area contributed by atoms with E-state index in [-0.39, 0.29) is 43.1 Å². The molecule has 15 nitrogen and oxygen atoms in total. The van der Waals surface area contributed by atoms with Gasteiger partial charge in [0.05, 0.1) is 51.2 Å². The van der Waals surface area contributed by atoms with Crippen LogP contribution in [0.4, 0.5) is 17.1 Å². The lowest BCUT2D eigenvalue weighted by molar-refractivity contribution is -0.393. The fourth-order valence-electron chi connectivity index (χ4n) is 3.97. The van der Waals surface area contributed by atoms with Gasteiger partial charge in [-0.1, -0.05) is 13.8 Å². The van der Waals surface area contributed by atoms with Gasteiger partial charge in [-0.3, -0.25) is 39.9 Å². The third kappa shape index (κ3) is 5.46. The lowest BCUT2D eigenvalue weighted by Gasteiger charge is -2.19. The van der Waals surface area contributed by atoms with Crippen LogP contribution in [0.1, 0.15) is 53.0 Å². The second kappa shape index (κ2) is 11.1. The molecule has 0 fully saturated rings. The highest BCUT2D eigenvalue weighted by molar-refractivity contribution is 6.26. The first-order valence-corrected chi connectivity index (χ1v) is 11.3. The van der Waals surface area contributed by atoms with E-state index in [0.717, 1.165) is 18.2 Å². The van der Waals surface area contributed by atoms with E-state index in [9.17, 15) is 49.8 Å². The Morgan fingerprint density at radius 1 is 0.947 bits per heavy atom. The summed E-state index contributed by atoms with van der Waals surface area (Å²) in [6.07, 6.45) is -0.0210. The van der Waals surface area contributed by atoms with Gasteiger partial charge in [0.2, 0.25) is 5.91 Å². The van der Waals surface area contributed by atoms with Crippen LogP contribution >= 0.6 is 0 Å². The van der Waals surface area contributed by atoms with Gasteiger partial charge in [-0.25, -0.2) is 4.79 Å². The lowest BCUT2D eigenvalue weighted by atomic mass is 9.97. The number of non-ortho nitro benzene ring substituents is 2. The number of aliphatic hydroxyl groups is 1. The highest BCUT2D eigenvalue weighted by Crippen LogP contribution is 2.47. The van der Waals surface area contributed by atoms with Crippen molar-refractivity contribution in [2.24, 2.45) is 5.92 Å². The molecule has 2 aromatic rings. The van der Waals surface area contributed by atoms with Gasteiger partial charge in [0.1, 0.15) is 0 Å². The number of hydrogen-bond acceptors (Lipinski definition) is 11. The third-order valence-corrected chi connectivity index (χ3v) is 5.93. The molecule has 200 valence electrons. The summed E-state index contributed by atoms with van der Waals surface area (Å²) in [7, 11) is 0. The zero-order valence-electron chi connectivity index (χ0n) is 20.2. The molecule has 0 saturated carbocycles. The van der Waals surface area contributed by atoms with E-state index in [1.807, 2.05) is 13.8 Å². The van der Waals surface area contributed by atoms with Crippen molar-refractivity contribution in [2.75, 3.05) is 13.2 Å². The van der Waals surface area contributed by atoms with Gasteiger partial charge < -0.3 is 15.2 Å². The Bertz CT molecular complexity index is 1370. The fourth-order valence-corrected chi connectivity index (χ4v) is 3.97. The number of carbonyl (C=O) groups is 3. The smallest absolute Gasteiger partial charge is 0.339 e. The first kappa shape index (κ1) is 27.8. The quantitative estimate of drug-likeness (QED) is 0.159. The molecule has 1 amide bonds. The van der Waals surface area contributed by atoms with Crippen LogP contribution < -0.4 is 5.32 Å². The van der Waals surface area contributed by atoms with Crippen LogP contribution in [-0.4, -0.2) is 56.8 Å². The zero-order valence-corrected chi connectivity index (χ0v) is 20.2. The molecular weight excluding hydrogens is 508 g/mol. The van der Waals surface area contributed by atoms with Gasteiger partial charge in [0.15, 0.2) is 5.78 Å². The number of aliphatic hydroxyl groups excluding tert-OH is 1. The van der Waals surface area contributed by atoms with E-state index >= 15 is 0 Å². The Labute approximate surface area is 213 Å². The summed E-state index contributed by atoms with van der Waals surface area (Å²) in [5.41, 5.74) is -4.30. The Kier molecular flexibility index (Phi) is 8.10. The van der Waals surface area contributed by atoms with Crippen LogP contribution in [0.5, 0.6) is 0 Å². The number of ether oxygens (including phenoxy) is 1. The molecule has 15 heteroatoms. The fraction of sp³-hybridized carbons (Fsp3) is 0.348. The maximum atomic E-state index is 13.0. The van der Waals surface area contributed by atoms with Gasteiger partial charge in [0.25, 0.3) is 17.1 Å². The van der Waals surface area contributed by atoms with E-state index in [4.69, 9.17) is 4.74 Å². The molecule has 0 aliphatic heterocycles. The molecule has 38 heavy (non-hydrogen) atoms. The van der Waals surface area contributed by atoms with Crippen molar-refractivity contribution in [3.8, 4) is 11.1 Å². The summed E-state index contributed by atoms with van der Waals surface area (Å²) in [6, 6.07) is 2.62. The number of benzene rings is 2. The van der Waals surface area contributed by atoms with Crippen LogP contribution in [-0.2, 0) is 9.53 Å². The maximum Gasteiger partial charge on any atom is 0.339 e. The van der Waals surface area contributed by atoms with Gasteiger partial charge >= 0.3 is 5.97 Å². The molecule has 0 saturated heterocycles. The van der Waals surface area contributed by atoms with Gasteiger partial charge in [0, 0.05) is 41.3 Å². The summed E-state index contributed by atoms with van der Waals surface area (Å²) in [5, 5.41) is 46.4. The van der Waals surface area contributed by atoms with E-state index in [2.05, 4.69) is 5.32 Å². The van der Waals surface area contributed by atoms with Crippen LogP contribution in [0.15, 0.2) is 24.3 Å². The highest BCUT2D eigenvalue weighted by Gasteiger charge is 2.40. The lowest BCUT2D eigenvalue weighted by Crippen LogP contribution is -2.41. The number of amides is 1. The number of carbonyl (C=O) groups excluding carboxylic acids is 3. The monoisotopic (exact) mass is 530 g/mol. The van der Waals surface area contributed by atoms with Gasteiger partial charge in [-0.2, -0.15) is 0 Å². The van der Waals surface area contributed by atoms with E-state index in [1.165, 1.54) is 0 Å². The summed E-state index contributed by atoms with van der Waals surface area (Å²) < 4.78 is 5.15. The number of hydrogen-bond donors (Lipinski definition) is 2. The molecule has 2 N–H and O–H groups in total. The van der Waals surface area contributed by atoms with Crippen LogP contribution in [0.2, 0.25) is 0 Å². The second-order valence-electron chi connectivity index (χ2n) is 8.74. The molecule has 1 aliphatic rings. The normalized spacial score (nSPS) is 12.5. The summed E-state index contributed by atoms with van der Waals surface area (Å²) >= 11 is 0. The minimum Gasteiger partial charge on any atom is -0.462 e. The second-order valence-corrected chi connectivity index (χ2v) is 8.74. The minimum absolute atomic E-state index is 0.0196. The zero-order chi connectivity index (χ0) is 28.3. The topological polar surface area (TPSA) is 222 Å². The molecule has 0 heterocycles. The number of fused-ring (bicyclic) bond motifs is 3. The van der Waals surface area contributed by atoms with E-state index < -0.39 is 72.2 Å². The number of ketones is 1. The Morgan fingerprint density at radius 2 is 1.53 bits per heavy atom. The third-order valence-electron chi connectivity index (χ3n) is 5.93. The number of nitrogens with one attached hydrogen (secondary N) is 1. The average molecular weight is 530 g/mol. The van der Waals surface area contributed by atoms with Crippen LogP contribution in [0, 0.1) is 36.3 Å². The minimum atomic E-state index is -1.14. The average Bonchev–Trinajstić information content (AvgIpc) is 3.15. The largest absolute Gasteiger partial charge is 0.462 e. The summed E-state index contributed by atoms with van der Waals surface area (Å²) in [6.45, 7) is 3.06. The molecule has 2 aromatic carbocycles. The number of rotatable bonds is 11. The Balaban J connectivity index is 1.93. The van der Waals surface area contributed by atoms with Crippen molar-refractivity contribution < 1.29 is 39.0 Å². The van der Waals surface area contributed by atoms with Crippen molar-refractivity contribution >= 4 is 34.7 Å². The maximum absolute atomic E-state index is 13.0. The first-order valence-electron chi connectivity index (χ1n) is 11.3. The Morgan fingerprint density at radius 3 is 2.05 bits per heavy atom. The molecule has 0 spiro atoms. The van der Waals surface area contributed by atoms with Crippen molar-refractivity contribution in [3.05, 3.63) is 71.3 Å². The number of esters is 1. The van der Waals surface area contributed by atoms with Gasteiger partial charge in [-0.15, -0.1) is 0 Å². The van der Waals surface area contributed by atoms with Crippen molar-refractivity contribution in [1.82, 2.24) is 5.32 Å². The standard InChI is InChI=1S/C23H22N4O11/c1-11(2)17(10-28)24-19(29)4-3-5-38-23(31)16-8-12(25(32)33)6-14-20(16)21-15(22(14)30)7-13(26(34)35)9-18(21)27(36)37/h6-9,11,17,28H,3-5,10H2,1-2H3,(H,24,29)/t17-/m1/s1. The van der Waals surface area contributed by atoms with Gasteiger partial charge in [-0.05, 0) is 12.3 Å². The predicted molar refractivity (Wildman–Crippen MR) is 129 cm³/mol. The molecule has 0 unspecified atom stereocenters. The number of nitro groups is 3. The molecule has 0 radical (unpaired) electrons. The summed E-state index contributed by atoms with van der Waals surface area (Å²) in [5.74, 6) is -2.52. The molecule has 0 bridgehead atoms. The van der Waals surface area contributed by atoms with Crippen molar-refractivity contribution in [3.63, 3.8) is 0 Å². The molecule has 1 atom stereocenters. The number of nitro benzene ring substituents is 3. The van der Waals surface area contributed by atoms with Crippen LogP contribution in [0.3, 0.4) is 0 Å². The Hall–Kier alpha value is -4.79.